The van der Waals surface area contributed by atoms with Crippen molar-refractivity contribution >= 4 is 5.91 Å². The van der Waals surface area contributed by atoms with Crippen LogP contribution in [0.1, 0.15) is 6.92 Å². The summed E-state index contributed by atoms with van der Waals surface area (Å²) in [5.41, 5.74) is 0. The quantitative estimate of drug-likeness (QED) is 0.671. The molecule has 25 heavy (non-hydrogen) atoms. The van der Waals surface area contributed by atoms with Gasteiger partial charge in [-0.2, -0.15) is 0 Å². The van der Waals surface area contributed by atoms with Crippen molar-refractivity contribution in [3.05, 3.63) is 48.5 Å². The van der Waals surface area contributed by atoms with E-state index in [9.17, 15) is 4.79 Å². The van der Waals surface area contributed by atoms with Gasteiger partial charge in [0.2, 0.25) is 0 Å². The number of hydrogen-bond donors (Lipinski definition) is 1. The summed E-state index contributed by atoms with van der Waals surface area (Å²) in [5.74, 6) is 2.36. The summed E-state index contributed by atoms with van der Waals surface area (Å²) < 4.78 is 21.6. The van der Waals surface area contributed by atoms with Gasteiger partial charge < -0.3 is 24.3 Å². The molecule has 2 rings (SSSR count). The highest BCUT2D eigenvalue weighted by atomic mass is 16.5. The van der Waals surface area contributed by atoms with Crippen LogP contribution in [0.15, 0.2) is 48.5 Å². The maximum atomic E-state index is 11.8. The van der Waals surface area contributed by atoms with Gasteiger partial charge in [-0.25, -0.2) is 0 Å². The van der Waals surface area contributed by atoms with E-state index in [0.29, 0.717) is 37.0 Å². The van der Waals surface area contributed by atoms with E-state index >= 15 is 0 Å². The second-order valence-corrected chi connectivity index (χ2v) is 5.05. The van der Waals surface area contributed by atoms with E-state index in [1.807, 2.05) is 43.3 Å². The molecule has 1 amide bonds. The van der Waals surface area contributed by atoms with E-state index < -0.39 is 0 Å². The third-order valence-corrected chi connectivity index (χ3v) is 3.24. The summed E-state index contributed by atoms with van der Waals surface area (Å²) in [5, 5.41) is 2.74. The summed E-state index contributed by atoms with van der Waals surface area (Å²) in [7, 11) is 1.56. The van der Waals surface area contributed by atoms with Crippen LogP contribution in [0, 0.1) is 0 Å². The predicted octanol–water partition coefficient (Wildman–Crippen LogP) is 2.67. The van der Waals surface area contributed by atoms with Crippen LogP contribution in [0.4, 0.5) is 0 Å². The first-order valence-electron chi connectivity index (χ1n) is 8.11. The SMILES string of the molecule is CCOc1cccc(OCCNC(=O)COc2ccccc2OC)c1. The van der Waals surface area contributed by atoms with E-state index in [2.05, 4.69) is 5.32 Å². The van der Waals surface area contributed by atoms with Crippen molar-refractivity contribution in [3.8, 4) is 23.0 Å². The second kappa shape index (κ2) is 10.1. The van der Waals surface area contributed by atoms with Gasteiger partial charge in [0, 0.05) is 6.07 Å². The standard InChI is InChI=1S/C19H23NO5/c1-3-23-15-7-6-8-16(13-15)24-12-11-20-19(21)14-25-18-10-5-4-9-17(18)22-2/h4-10,13H,3,11-12,14H2,1-2H3,(H,20,21). The van der Waals surface area contributed by atoms with Gasteiger partial charge in [0.05, 0.1) is 20.3 Å². The number of hydrogen-bond acceptors (Lipinski definition) is 5. The lowest BCUT2D eigenvalue weighted by molar-refractivity contribution is -0.123. The average molecular weight is 345 g/mol. The average Bonchev–Trinajstić information content (AvgIpc) is 2.64. The molecule has 134 valence electrons. The maximum absolute atomic E-state index is 11.8. The minimum atomic E-state index is -0.224. The van der Waals surface area contributed by atoms with Crippen LogP contribution in [0.3, 0.4) is 0 Å². The normalized spacial score (nSPS) is 10.0. The van der Waals surface area contributed by atoms with Crippen molar-refractivity contribution in [3.63, 3.8) is 0 Å². The van der Waals surface area contributed by atoms with Crippen molar-refractivity contribution in [1.82, 2.24) is 5.32 Å². The van der Waals surface area contributed by atoms with Crippen molar-refractivity contribution in [2.75, 3.05) is 33.5 Å². The van der Waals surface area contributed by atoms with Crippen molar-refractivity contribution in [2.45, 2.75) is 6.92 Å². The van der Waals surface area contributed by atoms with E-state index in [4.69, 9.17) is 18.9 Å². The van der Waals surface area contributed by atoms with Gasteiger partial charge >= 0.3 is 0 Å². The van der Waals surface area contributed by atoms with Gasteiger partial charge in [0.1, 0.15) is 18.1 Å². The number of ether oxygens (including phenoxy) is 4. The Balaban J connectivity index is 1.68. The van der Waals surface area contributed by atoms with Gasteiger partial charge in [0.15, 0.2) is 18.1 Å². The Hall–Kier alpha value is -2.89. The molecule has 0 aromatic heterocycles. The molecule has 2 aromatic rings. The zero-order valence-electron chi connectivity index (χ0n) is 14.5. The highest BCUT2D eigenvalue weighted by Gasteiger charge is 2.06. The van der Waals surface area contributed by atoms with Gasteiger partial charge in [-0.15, -0.1) is 0 Å². The van der Waals surface area contributed by atoms with Crippen LogP contribution in [0.25, 0.3) is 0 Å². The minimum absolute atomic E-state index is 0.0831. The number of nitrogens with one attached hydrogen (secondary N) is 1. The molecule has 0 aliphatic rings. The largest absolute Gasteiger partial charge is 0.494 e. The van der Waals surface area contributed by atoms with Crippen LogP contribution in [0.5, 0.6) is 23.0 Å². The van der Waals surface area contributed by atoms with E-state index in [1.165, 1.54) is 0 Å². The zero-order chi connectivity index (χ0) is 17.9. The number of carbonyl (C=O) groups is 1. The van der Waals surface area contributed by atoms with Gasteiger partial charge in [0.25, 0.3) is 5.91 Å². The van der Waals surface area contributed by atoms with Gasteiger partial charge in [-0.05, 0) is 31.2 Å². The Labute approximate surface area is 147 Å². The van der Waals surface area contributed by atoms with E-state index in [0.717, 1.165) is 5.75 Å². The molecule has 0 saturated heterocycles. The second-order valence-electron chi connectivity index (χ2n) is 5.05. The van der Waals surface area contributed by atoms with E-state index in [1.54, 1.807) is 19.2 Å². The van der Waals surface area contributed by atoms with Crippen LogP contribution in [0.2, 0.25) is 0 Å². The molecular weight excluding hydrogens is 322 g/mol. The molecule has 1 N–H and O–H groups in total. The number of carbonyl (C=O) groups excluding carboxylic acids is 1. The number of benzene rings is 2. The number of methoxy groups -OCH3 is 1. The molecule has 0 aliphatic heterocycles. The molecule has 0 aliphatic carbocycles. The fraction of sp³-hybridized carbons (Fsp3) is 0.316. The lowest BCUT2D eigenvalue weighted by Crippen LogP contribution is -2.32. The Morgan fingerprint density at radius 1 is 0.960 bits per heavy atom. The first kappa shape index (κ1) is 18.4. The molecule has 0 unspecified atom stereocenters. The summed E-state index contributed by atoms with van der Waals surface area (Å²) in [4.78, 5) is 11.8. The third-order valence-electron chi connectivity index (χ3n) is 3.24. The molecule has 0 heterocycles. The molecule has 6 nitrogen and oxygen atoms in total. The minimum Gasteiger partial charge on any atom is -0.494 e. The van der Waals surface area contributed by atoms with Crippen LogP contribution < -0.4 is 24.3 Å². The first-order valence-corrected chi connectivity index (χ1v) is 8.11. The summed E-state index contributed by atoms with van der Waals surface area (Å²) >= 11 is 0. The topological polar surface area (TPSA) is 66.0 Å². The Morgan fingerprint density at radius 3 is 2.40 bits per heavy atom. The molecule has 0 bridgehead atoms. The lowest BCUT2D eigenvalue weighted by Gasteiger charge is -2.11. The Kier molecular flexibility index (Phi) is 7.43. The number of para-hydroxylation sites is 2. The highest BCUT2D eigenvalue weighted by Crippen LogP contribution is 2.25. The molecule has 0 radical (unpaired) electrons. The zero-order valence-corrected chi connectivity index (χ0v) is 14.5. The number of rotatable bonds is 10. The summed E-state index contributed by atoms with van der Waals surface area (Å²) in [6.07, 6.45) is 0. The Morgan fingerprint density at radius 2 is 1.68 bits per heavy atom. The fourth-order valence-electron chi connectivity index (χ4n) is 2.11. The van der Waals surface area contributed by atoms with Crippen LogP contribution in [-0.2, 0) is 4.79 Å². The summed E-state index contributed by atoms with van der Waals surface area (Å²) in [6, 6.07) is 14.6. The molecular formula is C19H23NO5. The Bertz CT molecular complexity index is 674. The molecule has 6 heteroatoms. The highest BCUT2D eigenvalue weighted by molar-refractivity contribution is 5.77. The van der Waals surface area contributed by atoms with Gasteiger partial charge in [-0.3, -0.25) is 4.79 Å². The number of amides is 1. The molecule has 0 atom stereocenters. The van der Waals surface area contributed by atoms with Gasteiger partial charge in [-0.1, -0.05) is 18.2 Å². The van der Waals surface area contributed by atoms with Crippen molar-refractivity contribution in [2.24, 2.45) is 0 Å². The first-order chi connectivity index (χ1) is 12.2. The monoisotopic (exact) mass is 345 g/mol. The molecule has 2 aromatic carbocycles. The summed E-state index contributed by atoms with van der Waals surface area (Å²) in [6.45, 7) is 3.19. The van der Waals surface area contributed by atoms with Crippen LogP contribution in [-0.4, -0.2) is 39.4 Å². The molecule has 0 fully saturated rings. The molecule has 0 saturated carbocycles. The maximum Gasteiger partial charge on any atom is 0.258 e. The van der Waals surface area contributed by atoms with Crippen molar-refractivity contribution in [1.29, 1.82) is 0 Å². The molecule has 0 spiro atoms. The predicted molar refractivity (Wildman–Crippen MR) is 94.6 cm³/mol. The van der Waals surface area contributed by atoms with Crippen molar-refractivity contribution < 1.29 is 23.7 Å². The fourth-order valence-corrected chi connectivity index (χ4v) is 2.11. The lowest BCUT2D eigenvalue weighted by atomic mass is 10.3. The third kappa shape index (κ3) is 6.25. The van der Waals surface area contributed by atoms with Crippen LogP contribution >= 0.6 is 0 Å². The van der Waals surface area contributed by atoms with E-state index in [-0.39, 0.29) is 12.5 Å². The smallest absolute Gasteiger partial charge is 0.258 e.